The molecule has 0 amide bonds. The number of hydrogen-bond donors (Lipinski definition) is 1. The van der Waals surface area contributed by atoms with E-state index >= 15 is 0 Å². The SMILES string of the molecule is COc1ccc(C#Cc2ccc3c(c2)[C@@H]2[C@@H](CCN2S(=O)(=O)c2ccc(OC)cc2)[C@H](CO)N3C)cc1. The van der Waals surface area contributed by atoms with Crippen molar-refractivity contribution in [3.8, 4) is 23.3 Å². The number of hydrogen-bond acceptors (Lipinski definition) is 6. The van der Waals surface area contributed by atoms with Crippen LogP contribution in [0.1, 0.15) is 29.2 Å². The number of benzene rings is 3. The lowest BCUT2D eigenvalue weighted by molar-refractivity contribution is 0.193. The molecule has 0 saturated carbocycles. The van der Waals surface area contributed by atoms with Crippen LogP contribution in [0.3, 0.4) is 0 Å². The molecule has 0 aliphatic carbocycles. The van der Waals surface area contributed by atoms with Crippen LogP contribution in [0.2, 0.25) is 0 Å². The second-order valence-electron chi connectivity index (χ2n) is 9.30. The lowest BCUT2D eigenvalue weighted by atomic mass is 9.82. The molecule has 2 aliphatic heterocycles. The number of aliphatic hydroxyl groups excluding tert-OH is 1. The van der Waals surface area contributed by atoms with Gasteiger partial charge in [-0.3, -0.25) is 0 Å². The number of sulfonamides is 1. The molecule has 0 spiro atoms. The summed E-state index contributed by atoms with van der Waals surface area (Å²) in [4.78, 5) is 2.30. The molecule has 3 aromatic rings. The number of rotatable bonds is 5. The summed E-state index contributed by atoms with van der Waals surface area (Å²) < 4.78 is 39.6. The van der Waals surface area contributed by atoms with Crippen LogP contribution in [0.15, 0.2) is 71.6 Å². The van der Waals surface area contributed by atoms with Crippen LogP contribution in [0, 0.1) is 17.8 Å². The quantitative estimate of drug-likeness (QED) is 0.520. The fraction of sp³-hybridized carbons (Fsp3) is 0.310. The Morgan fingerprint density at radius 1 is 0.919 bits per heavy atom. The monoisotopic (exact) mass is 518 g/mol. The number of anilines is 1. The highest BCUT2D eigenvalue weighted by Crippen LogP contribution is 2.50. The molecule has 0 bridgehead atoms. The maximum atomic E-state index is 13.8. The van der Waals surface area contributed by atoms with Crippen molar-refractivity contribution < 1.29 is 23.0 Å². The van der Waals surface area contributed by atoms with Gasteiger partial charge in [0.15, 0.2) is 0 Å². The molecule has 3 atom stereocenters. The predicted molar refractivity (Wildman–Crippen MR) is 142 cm³/mol. The molecule has 0 aromatic heterocycles. The van der Waals surface area contributed by atoms with Gasteiger partial charge in [-0.15, -0.1) is 0 Å². The van der Waals surface area contributed by atoms with Gasteiger partial charge in [-0.2, -0.15) is 4.31 Å². The van der Waals surface area contributed by atoms with Gasteiger partial charge in [0.1, 0.15) is 11.5 Å². The number of methoxy groups -OCH3 is 2. The lowest BCUT2D eigenvalue weighted by Gasteiger charge is -2.44. The Balaban J connectivity index is 1.54. The Bertz CT molecular complexity index is 1440. The molecule has 0 unspecified atom stereocenters. The number of ether oxygens (including phenoxy) is 2. The Morgan fingerprint density at radius 2 is 1.51 bits per heavy atom. The molecule has 8 heteroatoms. The van der Waals surface area contributed by atoms with Crippen molar-refractivity contribution in [2.24, 2.45) is 5.92 Å². The first-order valence-electron chi connectivity index (χ1n) is 12.2. The summed E-state index contributed by atoms with van der Waals surface area (Å²) in [6.07, 6.45) is 0.664. The van der Waals surface area contributed by atoms with Crippen LogP contribution in [0.4, 0.5) is 5.69 Å². The van der Waals surface area contributed by atoms with Gasteiger partial charge in [-0.25, -0.2) is 8.42 Å². The largest absolute Gasteiger partial charge is 0.497 e. The van der Waals surface area contributed by atoms with E-state index in [4.69, 9.17) is 9.47 Å². The van der Waals surface area contributed by atoms with Crippen molar-refractivity contribution >= 4 is 15.7 Å². The summed E-state index contributed by atoms with van der Waals surface area (Å²) in [7, 11) is 1.36. The molecule has 3 aromatic carbocycles. The minimum atomic E-state index is -3.77. The summed E-state index contributed by atoms with van der Waals surface area (Å²) in [6, 6.07) is 19.4. The summed E-state index contributed by atoms with van der Waals surface area (Å²) in [5, 5.41) is 10.2. The van der Waals surface area contributed by atoms with Crippen molar-refractivity contribution in [2.45, 2.75) is 23.4 Å². The predicted octanol–water partition coefficient (Wildman–Crippen LogP) is 3.67. The van der Waals surface area contributed by atoms with Crippen LogP contribution < -0.4 is 14.4 Å². The molecular weight excluding hydrogens is 488 g/mol. The smallest absolute Gasteiger partial charge is 0.243 e. The molecule has 2 aliphatic rings. The van der Waals surface area contributed by atoms with Crippen LogP contribution in [-0.2, 0) is 10.0 Å². The number of nitrogens with zero attached hydrogens (tertiary/aromatic N) is 2. The summed E-state index contributed by atoms with van der Waals surface area (Å²) >= 11 is 0. The van der Waals surface area contributed by atoms with E-state index in [1.807, 2.05) is 49.5 Å². The topological polar surface area (TPSA) is 79.3 Å². The van der Waals surface area contributed by atoms with Crippen molar-refractivity contribution in [3.05, 3.63) is 83.4 Å². The summed E-state index contributed by atoms with van der Waals surface area (Å²) in [5.74, 6) is 7.74. The van der Waals surface area contributed by atoms with Crippen LogP contribution in [-0.4, -0.2) is 58.3 Å². The molecule has 1 saturated heterocycles. The molecule has 1 fully saturated rings. The van der Waals surface area contributed by atoms with Gasteiger partial charge >= 0.3 is 0 Å². The molecular formula is C29H30N2O5S. The van der Waals surface area contributed by atoms with Gasteiger partial charge in [-0.05, 0) is 78.7 Å². The van der Waals surface area contributed by atoms with E-state index in [0.29, 0.717) is 18.7 Å². The molecule has 5 rings (SSSR count). The zero-order valence-electron chi connectivity index (χ0n) is 21.1. The van der Waals surface area contributed by atoms with Gasteiger partial charge in [-0.1, -0.05) is 11.8 Å². The van der Waals surface area contributed by atoms with E-state index in [-0.39, 0.29) is 23.5 Å². The number of aliphatic hydroxyl groups is 1. The van der Waals surface area contributed by atoms with E-state index in [1.54, 1.807) is 42.8 Å². The Hall–Kier alpha value is -3.51. The molecule has 192 valence electrons. The third kappa shape index (κ3) is 4.55. The Labute approximate surface area is 218 Å². The van der Waals surface area contributed by atoms with Crippen LogP contribution in [0.5, 0.6) is 11.5 Å². The highest BCUT2D eigenvalue weighted by molar-refractivity contribution is 7.89. The molecule has 2 heterocycles. The van der Waals surface area contributed by atoms with Crippen molar-refractivity contribution in [1.82, 2.24) is 4.31 Å². The van der Waals surface area contributed by atoms with Crippen molar-refractivity contribution in [1.29, 1.82) is 0 Å². The average Bonchev–Trinajstić information content (AvgIpc) is 3.38. The maximum absolute atomic E-state index is 13.8. The highest BCUT2D eigenvalue weighted by Gasteiger charge is 2.50. The standard InChI is InChI=1S/C29H30N2O5S/c1-30-27-15-8-21(5-4-20-6-9-22(35-2)10-7-20)18-26(27)29-25(28(30)19-32)16-17-31(29)37(33,34)24-13-11-23(36-3)12-14-24/h6-15,18,25,28-29,32H,16-17,19H2,1-3H3/t25-,28-,29-/m0/s1. The number of fused-ring (bicyclic) bond motifs is 3. The van der Waals surface area contributed by atoms with Crippen molar-refractivity contribution in [3.63, 3.8) is 0 Å². The zero-order chi connectivity index (χ0) is 26.2. The lowest BCUT2D eigenvalue weighted by Crippen LogP contribution is -2.48. The highest BCUT2D eigenvalue weighted by atomic mass is 32.2. The van der Waals surface area contributed by atoms with Crippen LogP contribution in [0.25, 0.3) is 0 Å². The first-order chi connectivity index (χ1) is 17.9. The molecule has 7 nitrogen and oxygen atoms in total. The van der Waals surface area contributed by atoms with Gasteiger partial charge in [0.25, 0.3) is 0 Å². The van der Waals surface area contributed by atoms with Gasteiger partial charge < -0.3 is 19.5 Å². The second kappa shape index (κ2) is 10.1. The summed E-state index contributed by atoms with van der Waals surface area (Å²) in [6.45, 7) is 0.335. The third-order valence-electron chi connectivity index (χ3n) is 7.41. The molecule has 37 heavy (non-hydrogen) atoms. The maximum Gasteiger partial charge on any atom is 0.243 e. The first-order valence-corrected chi connectivity index (χ1v) is 13.6. The molecule has 0 radical (unpaired) electrons. The minimum absolute atomic E-state index is 0.0414. The first kappa shape index (κ1) is 25.2. The van der Waals surface area contributed by atoms with Gasteiger partial charge in [0.05, 0.1) is 37.8 Å². The third-order valence-corrected chi connectivity index (χ3v) is 9.31. The van der Waals surface area contributed by atoms with Crippen molar-refractivity contribution in [2.75, 3.05) is 39.3 Å². The number of likely N-dealkylation sites (N-methyl/N-ethyl adjacent to an activating group) is 1. The van der Waals surface area contributed by atoms with E-state index in [9.17, 15) is 13.5 Å². The Morgan fingerprint density at radius 3 is 2.14 bits per heavy atom. The van der Waals surface area contributed by atoms with E-state index in [0.717, 1.165) is 28.1 Å². The van der Waals surface area contributed by atoms with E-state index in [2.05, 4.69) is 16.7 Å². The summed E-state index contributed by atoms with van der Waals surface area (Å²) in [5.41, 5.74) is 3.48. The zero-order valence-corrected chi connectivity index (χ0v) is 21.9. The average molecular weight is 519 g/mol. The van der Waals surface area contributed by atoms with Gasteiger partial charge in [0, 0.05) is 36.3 Å². The van der Waals surface area contributed by atoms with E-state index in [1.165, 1.54) is 0 Å². The van der Waals surface area contributed by atoms with E-state index < -0.39 is 16.1 Å². The fourth-order valence-corrected chi connectivity index (χ4v) is 7.13. The van der Waals surface area contributed by atoms with Gasteiger partial charge in [0.2, 0.25) is 10.0 Å². The fourth-order valence-electron chi connectivity index (χ4n) is 5.46. The normalized spacial score (nSPS) is 21.0. The van der Waals surface area contributed by atoms with Crippen LogP contribution >= 0.6 is 0 Å². The Kier molecular flexibility index (Phi) is 6.86. The second-order valence-corrected chi connectivity index (χ2v) is 11.2. The molecule has 1 N–H and O–H groups in total. The minimum Gasteiger partial charge on any atom is -0.497 e.